The third-order valence-corrected chi connectivity index (χ3v) is 9.57. The molecule has 1 fully saturated rings. The molecular formula is C31H29Cl2N3O4S. The van der Waals surface area contributed by atoms with Gasteiger partial charge < -0.3 is 14.6 Å². The molecule has 1 amide bonds. The number of nitrogens with zero attached hydrogens (tertiary/aromatic N) is 2. The highest BCUT2D eigenvalue weighted by Gasteiger charge is 2.30. The summed E-state index contributed by atoms with van der Waals surface area (Å²) in [6.07, 6.45) is 2.98. The Bertz CT molecular complexity index is 1710. The lowest BCUT2D eigenvalue weighted by atomic mass is 10.1. The first-order valence-corrected chi connectivity index (χ1v) is 15.3. The van der Waals surface area contributed by atoms with Crippen molar-refractivity contribution in [1.29, 1.82) is 0 Å². The minimum absolute atomic E-state index is 0.278. The van der Waals surface area contributed by atoms with Crippen molar-refractivity contribution in [3.63, 3.8) is 0 Å². The van der Waals surface area contributed by atoms with E-state index in [0.717, 1.165) is 16.7 Å². The highest BCUT2D eigenvalue weighted by atomic mass is 35.5. The van der Waals surface area contributed by atoms with E-state index in [-0.39, 0.29) is 10.8 Å². The molecule has 0 radical (unpaired) electrons. The van der Waals surface area contributed by atoms with Crippen molar-refractivity contribution in [3.05, 3.63) is 106 Å². The minimum atomic E-state index is -3.60. The number of carbonyl (C=O) groups is 1. The maximum absolute atomic E-state index is 13.1. The number of anilines is 2. The maximum atomic E-state index is 13.1. The molecule has 212 valence electrons. The molecule has 0 saturated carbocycles. The monoisotopic (exact) mass is 609 g/mol. The van der Waals surface area contributed by atoms with E-state index < -0.39 is 10.0 Å². The molecule has 7 nitrogen and oxygen atoms in total. The predicted molar refractivity (Wildman–Crippen MR) is 165 cm³/mol. The van der Waals surface area contributed by atoms with Crippen LogP contribution >= 0.6 is 23.2 Å². The van der Waals surface area contributed by atoms with Crippen LogP contribution < -0.4 is 10.2 Å². The van der Waals surface area contributed by atoms with E-state index in [2.05, 4.69) is 5.32 Å². The van der Waals surface area contributed by atoms with Crippen LogP contribution in [-0.2, 0) is 14.8 Å². The molecule has 0 aliphatic carbocycles. The van der Waals surface area contributed by atoms with Crippen molar-refractivity contribution in [2.45, 2.75) is 18.7 Å². The van der Waals surface area contributed by atoms with E-state index >= 15 is 0 Å². The lowest BCUT2D eigenvalue weighted by molar-refractivity contribution is -0.111. The second kappa shape index (κ2) is 12.1. The standard InChI is InChI=1S/C31H29Cl2N3O4S/c1-21-6-12-25(13-7-21)41(38,39)36-18-16-35(17-19-36)31-26(32)4-3-5-28(31)34-30(37)15-11-24-10-14-29(40-24)23-9-8-22(2)27(33)20-23/h3-15,20H,16-19H2,1-2H3,(H,34,37)/b15-11+. The van der Waals surface area contributed by atoms with E-state index in [1.54, 1.807) is 54.6 Å². The third kappa shape index (κ3) is 6.52. The van der Waals surface area contributed by atoms with E-state index in [1.165, 1.54) is 10.4 Å². The lowest BCUT2D eigenvalue weighted by Gasteiger charge is -2.36. The Kier molecular flexibility index (Phi) is 8.56. The van der Waals surface area contributed by atoms with Crippen molar-refractivity contribution in [2.24, 2.45) is 0 Å². The third-order valence-electron chi connectivity index (χ3n) is 6.94. The summed E-state index contributed by atoms with van der Waals surface area (Å²) >= 11 is 12.8. The number of amides is 1. The first-order chi connectivity index (χ1) is 19.6. The summed E-state index contributed by atoms with van der Waals surface area (Å²) in [6, 6.07) is 21.4. The van der Waals surface area contributed by atoms with Crippen molar-refractivity contribution in [1.82, 2.24) is 4.31 Å². The predicted octanol–water partition coefficient (Wildman–Crippen LogP) is 7.03. The van der Waals surface area contributed by atoms with Crippen molar-refractivity contribution >= 4 is 56.6 Å². The maximum Gasteiger partial charge on any atom is 0.248 e. The highest BCUT2D eigenvalue weighted by molar-refractivity contribution is 7.89. The van der Waals surface area contributed by atoms with Gasteiger partial charge in [-0.05, 0) is 68.0 Å². The summed E-state index contributed by atoms with van der Waals surface area (Å²) in [5.74, 6) is 0.808. The number of para-hydroxylation sites is 1. The van der Waals surface area contributed by atoms with Gasteiger partial charge in [0.1, 0.15) is 11.5 Å². The quantitative estimate of drug-likeness (QED) is 0.227. The van der Waals surface area contributed by atoms with Crippen LogP contribution in [0.2, 0.25) is 10.0 Å². The first kappa shape index (κ1) is 29.0. The van der Waals surface area contributed by atoms with Gasteiger partial charge in [0.2, 0.25) is 15.9 Å². The van der Waals surface area contributed by atoms with Gasteiger partial charge in [-0.1, -0.05) is 59.1 Å². The molecule has 1 aromatic heterocycles. The largest absolute Gasteiger partial charge is 0.457 e. The van der Waals surface area contributed by atoms with Gasteiger partial charge in [0.15, 0.2) is 0 Å². The van der Waals surface area contributed by atoms with Crippen molar-refractivity contribution in [3.8, 4) is 11.3 Å². The van der Waals surface area contributed by atoms with Gasteiger partial charge in [0, 0.05) is 42.8 Å². The van der Waals surface area contributed by atoms with Crippen LogP contribution in [0.4, 0.5) is 11.4 Å². The molecule has 10 heteroatoms. The molecule has 1 aliphatic rings. The van der Waals surface area contributed by atoms with Crippen LogP contribution in [0.5, 0.6) is 0 Å². The number of hydrogen-bond acceptors (Lipinski definition) is 5. The van der Waals surface area contributed by atoms with Gasteiger partial charge in [0.25, 0.3) is 0 Å². The zero-order valence-electron chi connectivity index (χ0n) is 22.6. The fourth-order valence-corrected chi connectivity index (χ4v) is 6.52. The molecule has 0 atom stereocenters. The first-order valence-electron chi connectivity index (χ1n) is 13.1. The number of hydrogen-bond donors (Lipinski definition) is 1. The number of nitrogens with one attached hydrogen (secondary N) is 1. The van der Waals surface area contributed by atoms with E-state index in [9.17, 15) is 13.2 Å². The average molecular weight is 611 g/mol. The van der Waals surface area contributed by atoms with Gasteiger partial charge in [-0.25, -0.2) is 8.42 Å². The Morgan fingerprint density at radius 2 is 1.63 bits per heavy atom. The van der Waals surface area contributed by atoms with E-state index in [4.69, 9.17) is 27.6 Å². The van der Waals surface area contributed by atoms with Gasteiger partial charge in [-0.2, -0.15) is 4.31 Å². The molecule has 0 bridgehead atoms. The van der Waals surface area contributed by atoms with Crippen LogP contribution in [0.15, 0.2) is 88.2 Å². The topological polar surface area (TPSA) is 82.9 Å². The van der Waals surface area contributed by atoms with Crippen molar-refractivity contribution in [2.75, 3.05) is 36.4 Å². The number of piperazine rings is 1. The second-order valence-corrected chi connectivity index (χ2v) is 12.6. The summed E-state index contributed by atoms with van der Waals surface area (Å²) in [5, 5.41) is 4.02. The Hall–Kier alpha value is -3.56. The minimum Gasteiger partial charge on any atom is -0.457 e. The van der Waals surface area contributed by atoms with Gasteiger partial charge >= 0.3 is 0 Å². The van der Waals surface area contributed by atoms with Crippen LogP contribution in [0.3, 0.4) is 0 Å². The van der Waals surface area contributed by atoms with Gasteiger partial charge in [-0.3, -0.25) is 4.79 Å². The van der Waals surface area contributed by atoms with E-state index in [1.807, 2.05) is 43.0 Å². The number of aryl methyl sites for hydroxylation is 2. The average Bonchev–Trinajstić information content (AvgIpc) is 3.43. The number of benzene rings is 3. The van der Waals surface area contributed by atoms with Gasteiger partial charge in [-0.15, -0.1) is 0 Å². The molecule has 4 aromatic rings. The molecule has 2 heterocycles. The molecule has 1 saturated heterocycles. The zero-order chi connectivity index (χ0) is 29.1. The number of sulfonamides is 1. The highest BCUT2D eigenvalue weighted by Crippen LogP contribution is 2.35. The molecule has 1 N–H and O–H groups in total. The second-order valence-electron chi connectivity index (χ2n) is 9.83. The fourth-order valence-electron chi connectivity index (χ4n) is 4.62. The van der Waals surface area contributed by atoms with Crippen LogP contribution in [0.25, 0.3) is 17.4 Å². The Labute approximate surface area is 250 Å². The molecular weight excluding hydrogens is 581 g/mol. The Balaban J connectivity index is 1.25. The number of carbonyl (C=O) groups excluding carboxylic acids is 1. The molecule has 41 heavy (non-hydrogen) atoms. The fraction of sp³-hybridized carbons (Fsp3) is 0.194. The normalized spacial score (nSPS) is 14.5. The SMILES string of the molecule is Cc1ccc(S(=O)(=O)N2CCN(c3c(Cl)cccc3NC(=O)/C=C/c3ccc(-c4ccc(C)c(Cl)c4)o3)CC2)cc1. The smallest absolute Gasteiger partial charge is 0.248 e. The Morgan fingerprint density at radius 3 is 2.34 bits per heavy atom. The van der Waals surface area contributed by atoms with Crippen molar-refractivity contribution < 1.29 is 17.6 Å². The lowest BCUT2D eigenvalue weighted by Crippen LogP contribution is -2.49. The number of rotatable bonds is 7. The van der Waals surface area contributed by atoms with Crippen LogP contribution in [-0.4, -0.2) is 44.8 Å². The van der Waals surface area contributed by atoms with E-state index in [0.29, 0.717) is 59.1 Å². The molecule has 0 spiro atoms. The summed E-state index contributed by atoms with van der Waals surface area (Å²) in [6.45, 7) is 5.28. The van der Waals surface area contributed by atoms with Crippen LogP contribution in [0, 0.1) is 13.8 Å². The summed E-state index contributed by atoms with van der Waals surface area (Å²) in [4.78, 5) is 15.1. The van der Waals surface area contributed by atoms with Crippen LogP contribution in [0.1, 0.15) is 16.9 Å². The molecule has 5 rings (SSSR count). The molecule has 3 aromatic carbocycles. The summed E-state index contributed by atoms with van der Waals surface area (Å²) in [5.41, 5.74) is 4.02. The summed E-state index contributed by atoms with van der Waals surface area (Å²) < 4.78 is 33.6. The summed E-state index contributed by atoms with van der Waals surface area (Å²) in [7, 11) is -3.60. The Morgan fingerprint density at radius 1 is 0.902 bits per heavy atom. The molecule has 0 unspecified atom stereocenters. The van der Waals surface area contributed by atoms with Gasteiger partial charge in [0.05, 0.1) is 21.3 Å². The zero-order valence-corrected chi connectivity index (χ0v) is 24.9. The molecule has 1 aliphatic heterocycles. The number of furan rings is 1. The number of halogens is 2.